The summed E-state index contributed by atoms with van der Waals surface area (Å²) in [4.78, 5) is 13.8. The molecule has 5 nitrogen and oxygen atoms in total. The van der Waals surface area contributed by atoms with Crippen LogP contribution in [0.5, 0.6) is 0 Å². The van der Waals surface area contributed by atoms with Gasteiger partial charge in [0, 0.05) is 42.0 Å². The van der Waals surface area contributed by atoms with E-state index in [0.29, 0.717) is 12.2 Å². The summed E-state index contributed by atoms with van der Waals surface area (Å²) < 4.78 is 7.39. The average molecular weight is 329 g/mol. The van der Waals surface area contributed by atoms with E-state index in [1.165, 1.54) is 4.90 Å². The summed E-state index contributed by atoms with van der Waals surface area (Å²) in [5, 5.41) is 7.47. The van der Waals surface area contributed by atoms with Crippen LogP contribution in [0.25, 0.3) is 11.3 Å². The average Bonchev–Trinajstić information content (AvgIpc) is 3.20. The number of aromatic nitrogens is 2. The molecule has 3 heterocycles. The number of hydrogen-bond acceptors (Lipinski definition) is 4. The fraction of sp³-hybridized carbons (Fsp3) is 0.412. The fourth-order valence-corrected chi connectivity index (χ4v) is 4.33. The van der Waals surface area contributed by atoms with Crippen molar-refractivity contribution in [3.8, 4) is 11.3 Å². The van der Waals surface area contributed by atoms with E-state index < -0.39 is 0 Å². The zero-order valence-corrected chi connectivity index (χ0v) is 13.9. The summed E-state index contributed by atoms with van der Waals surface area (Å²) in [5.74, 6) is 0.681. The van der Waals surface area contributed by atoms with Crippen LogP contribution in [-0.4, -0.2) is 34.9 Å². The Kier molecular flexibility index (Phi) is 3.87. The lowest BCUT2D eigenvalue weighted by molar-refractivity contribution is 0.0852. The third-order valence-corrected chi connectivity index (χ3v) is 5.49. The van der Waals surface area contributed by atoms with Crippen molar-refractivity contribution in [2.45, 2.75) is 29.6 Å². The SMILES string of the molecule is Cn1nc(C(=O)NCC2CCCO2)c2c1-c1ccccc1SC2. The first-order chi connectivity index (χ1) is 11.2. The van der Waals surface area contributed by atoms with E-state index in [9.17, 15) is 4.79 Å². The van der Waals surface area contributed by atoms with E-state index in [0.717, 1.165) is 42.0 Å². The second-order valence-electron chi connectivity index (χ2n) is 5.93. The lowest BCUT2D eigenvalue weighted by atomic mass is 10.1. The number of fused-ring (bicyclic) bond motifs is 3. The molecule has 23 heavy (non-hydrogen) atoms. The standard InChI is InChI=1S/C17H19N3O2S/c1-20-16-12-6-2-3-7-14(12)23-10-13(16)15(19-20)17(21)18-9-11-5-4-8-22-11/h2-3,6-7,11H,4-5,8-10H2,1H3,(H,18,21). The molecule has 0 aliphatic carbocycles. The van der Waals surface area contributed by atoms with Gasteiger partial charge in [0.25, 0.3) is 5.91 Å². The molecule has 6 heteroatoms. The van der Waals surface area contributed by atoms with Crippen molar-refractivity contribution in [3.05, 3.63) is 35.5 Å². The van der Waals surface area contributed by atoms with E-state index in [4.69, 9.17) is 4.74 Å². The maximum atomic E-state index is 12.5. The minimum Gasteiger partial charge on any atom is -0.376 e. The first-order valence-electron chi connectivity index (χ1n) is 7.92. The molecule has 1 atom stereocenters. The molecule has 120 valence electrons. The van der Waals surface area contributed by atoms with E-state index >= 15 is 0 Å². The Balaban J connectivity index is 1.60. The van der Waals surface area contributed by atoms with Gasteiger partial charge in [-0.3, -0.25) is 9.48 Å². The van der Waals surface area contributed by atoms with Crippen LogP contribution in [-0.2, 0) is 17.5 Å². The monoisotopic (exact) mass is 329 g/mol. The van der Waals surface area contributed by atoms with Crippen molar-refractivity contribution in [1.82, 2.24) is 15.1 Å². The van der Waals surface area contributed by atoms with Crippen molar-refractivity contribution < 1.29 is 9.53 Å². The molecule has 1 unspecified atom stereocenters. The molecule has 1 saturated heterocycles. The molecule has 1 fully saturated rings. The highest BCUT2D eigenvalue weighted by atomic mass is 32.2. The van der Waals surface area contributed by atoms with Crippen LogP contribution in [0.3, 0.4) is 0 Å². The van der Waals surface area contributed by atoms with Crippen LogP contribution >= 0.6 is 11.8 Å². The largest absolute Gasteiger partial charge is 0.376 e. The molecule has 1 aromatic carbocycles. The maximum Gasteiger partial charge on any atom is 0.272 e. The van der Waals surface area contributed by atoms with E-state index in [-0.39, 0.29) is 12.0 Å². The molecule has 0 radical (unpaired) electrons. The van der Waals surface area contributed by atoms with Crippen molar-refractivity contribution in [2.24, 2.45) is 7.05 Å². The van der Waals surface area contributed by atoms with E-state index in [1.54, 1.807) is 11.8 Å². The number of hydrogen-bond donors (Lipinski definition) is 1. The minimum atomic E-state index is -0.0997. The number of carbonyl (C=O) groups is 1. The molecule has 0 saturated carbocycles. The molecule has 1 aromatic heterocycles. The minimum absolute atomic E-state index is 0.0997. The number of ether oxygens (including phenoxy) is 1. The van der Waals surface area contributed by atoms with Gasteiger partial charge in [-0.15, -0.1) is 11.8 Å². The number of thioether (sulfide) groups is 1. The molecule has 2 aliphatic heterocycles. The predicted octanol–water partition coefficient (Wildman–Crippen LogP) is 2.60. The molecular formula is C17H19N3O2S. The van der Waals surface area contributed by atoms with Crippen molar-refractivity contribution in [1.29, 1.82) is 0 Å². The summed E-state index contributed by atoms with van der Waals surface area (Å²) in [6, 6.07) is 8.28. The van der Waals surface area contributed by atoms with Crippen molar-refractivity contribution >= 4 is 17.7 Å². The second kappa shape index (κ2) is 6.02. The van der Waals surface area contributed by atoms with Gasteiger partial charge < -0.3 is 10.1 Å². The van der Waals surface area contributed by atoms with Gasteiger partial charge in [-0.1, -0.05) is 18.2 Å². The van der Waals surface area contributed by atoms with Crippen molar-refractivity contribution in [2.75, 3.05) is 13.2 Å². The normalized spacial score (nSPS) is 19.3. The molecule has 1 amide bonds. The molecule has 0 spiro atoms. The van der Waals surface area contributed by atoms with Crippen LogP contribution in [0.2, 0.25) is 0 Å². The Hall–Kier alpha value is -1.79. The quantitative estimate of drug-likeness (QED) is 0.940. The zero-order chi connectivity index (χ0) is 15.8. The van der Waals surface area contributed by atoms with Gasteiger partial charge in [-0.25, -0.2) is 0 Å². The van der Waals surface area contributed by atoms with Gasteiger partial charge in [0.2, 0.25) is 0 Å². The molecule has 4 rings (SSSR count). The van der Waals surface area contributed by atoms with Crippen LogP contribution in [0.1, 0.15) is 28.9 Å². The van der Waals surface area contributed by atoms with Gasteiger partial charge in [0.1, 0.15) is 0 Å². The number of rotatable bonds is 3. The number of benzene rings is 1. The lowest BCUT2D eigenvalue weighted by Crippen LogP contribution is -2.32. The molecular weight excluding hydrogens is 310 g/mol. The first-order valence-corrected chi connectivity index (χ1v) is 8.90. The predicted molar refractivity (Wildman–Crippen MR) is 89.5 cm³/mol. The maximum absolute atomic E-state index is 12.5. The van der Waals surface area contributed by atoms with Crippen LogP contribution in [0.15, 0.2) is 29.2 Å². The van der Waals surface area contributed by atoms with Gasteiger partial charge in [0.05, 0.1) is 11.8 Å². The number of carbonyl (C=O) groups excluding carboxylic acids is 1. The number of nitrogens with one attached hydrogen (secondary N) is 1. The molecule has 2 aromatic rings. The summed E-state index contributed by atoms with van der Waals surface area (Å²) in [6.07, 6.45) is 2.24. The zero-order valence-electron chi connectivity index (χ0n) is 13.0. The second-order valence-corrected chi connectivity index (χ2v) is 6.95. The van der Waals surface area contributed by atoms with Crippen LogP contribution in [0, 0.1) is 0 Å². The van der Waals surface area contributed by atoms with Gasteiger partial charge in [-0.05, 0) is 18.9 Å². The summed E-state index contributed by atoms with van der Waals surface area (Å²) in [7, 11) is 1.91. The van der Waals surface area contributed by atoms with Crippen LogP contribution in [0.4, 0.5) is 0 Å². The Bertz CT molecular complexity index is 750. The molecule has 2 aliphatic rings. The molecule has 1 N–H and O–H groups in total. The van der Waals surface area contributed by atoms with E-state index in [1.807, 2.05) is 23.9 Å². The first kappa shape index (κ1) is 14.8. The van der Waals surface area contributed by atoms with Gasteiger partial charge in [0.15, 0.2) is 5.69 Å². The number of amides is 1. The Labute approximate surface area is 139 Å². The smallest absolute Gasteiger partial charge is 0.272 e. The number of aryl methyl sites for hydroxylation is 1. The molecule has 0 bridgehead atoms. The topological polar surface area (TPSA) is 56.2 Å². The number of nitrogens with zero attached hydrogens (tertiary/aromatic N) is 2. The van der Waals surface area contributed by atoms with Gasteiger partial charge >= 0.3 is 0 Å². The van der Waals surface area contributed by atoms with Gasteiger partial charge in [-0.2, -0.15) is 5.10 Å². The third-order valence-electron chi connectivity index (χ3n) is 4.39. The lowest BCUT2D eigenvalue weighted by Gasteiger charge is -2.17. The summed E-state index contributed by atoms with van der Waals surface area (Å²) >= 11 is 1.76. The summed E-state index contributed by atoms with van der Waals surface area (Å²) in [5.41, 5.74) is 3.79. The Morgan fingerprint density at radius 3 is 3.17 bits per heavy atom. The Morgan fingerprint density at radius 1 is 1.48 bits per heavy atom. The van der Waals surface area contributed by atoms with Crippen LogP contribution < -0.4 is 5.32 Å². The highest BCUT2D eigenvalue weighted by molar-refractivity contribution is 7.98. The summed E-state index contributed by atoms with van der Waals surface area (Å²) in [6.45, 7) is 1.36. The van der Waals surface area contributed by atoms with Crippen molar-refractivity contribution in [3.63, 3.8) is 0 Å². The van der Waals surface area contributed by atoms with E-state index in [2.05, 4.69) is 22.5 Å². The third kappa shape index (κ3) is 2.66. The fourth-order valence-electron chi connectivity index (χ4n) is 3.26. The Morgan fingerprint density at radius 2 is 2.35 bits per heavy atom. The highest BCUT2D eigenvalue weighted by Gasteiger charge is 2.28. The highest BCUT2D eigenvalue weighted by Crippen LogP contribution is 2.42.